The van der Waals surface area contributed by atoms with Crippen molar-refractivity contribution < 1.29 is 0 Å². The molecule has 0 bridgehead atoms. The van der Waals surface area contributed by atoms with Crippen molar-refractivity contribution >= 4 is 0 Å². The topological polar surface area (TPSA) is 0 Å². The van der Waals surface area contributed by atoms with Crippen LogP contribution in [0.25, 0.3) is 0 Å². The van der Waals surface area contributed by atoms with Gasteiger partial charge in [-0.15, -0.1) is 0 Å². The molecule has 0 aliphatic rings. The van der Waals surface area contributed by atoms with E-state index in [9.17, 15) is 0 Å². The predicted molar refractivity (Wildman–Crippen MR) is 350 cm³/mol. The number of hydrogen-bond acceptors (Lipinski definition) is 0. The molecule has 0 aliphatic carbocycles. The molecule has 0 saturated carbocycles. The van der Waals surface area contributed by atoms with Gasteiger partial charge in [0.15, 0.2) is 0 Å². The molecule has 76 heavy (non-hydrogen) atoms. The van der Waals surface area contributed by atoms with E-state index in [4.69, 9.17) is 0 Å². The number of unbranched alkanes of at least 4 members (excludes halogenated alkanes) is 58. The molecule has 0 aliphatic heterocycles. The van der Waals surface area contributed by atoms with E-state index in [0.717, 1.165) is 6.42 Å². The van der Waals surface area contributed by atoms with Crippen LogP contribution in [0.3, 0.4) is 0 Å². The van der Waals surface area contributed by atoms with Gasteiger partial charge in [0.25, 0.3) is 0 Å². The summed E-state index contributed by atoms with van der Waals surface area (Å²) in [6.45, 7) is 11.2. The van der Waals surface area contributed by atoms with Gasteiger partial charge in [0.1, 0.15) is 0 Å². The molecule has 0 heterocycles. The Morgan fingerprint density at radius 3 is 0.553 bits per heavy atom. The van der Waals surface area contributed by atoms with Crippen molar-refractivity contribution in [3.05, 3.63) is 41.3 Å². The summed E-state index contributed by atoms with van der Waals surface area (Å²) < 4.78 is 0. The molecule has 1 rings (SSSR count). The third-order valence-electron chi connectivity index (χ3n) is 18.1. The van der Waals surface area contributed by atoms with Crippen LogP contribution in [-0.4, -0.2) is 0 Å². The molecular weight excluding hydrogens is 913 g/mol. The highest BCUT2D eigenvalue weighted by Crippen LogP contribution is 2.27. The summed E-state index contributed by atoms with van der Waals surface area (Å²) in [6, 6.07) is 5.38. The molecule has 1 radical (unpaired) electrons. The maximum absolute atomic E-state index is 4.24. The zero-order chi connectivity index (χ0) is 54.4. The lowest BCUT2D eigenvalue weighted by molar-refractivity contribution is 0.520. The van der Waals surface area contributed by atoms with Crippen LogP contribution < -0.4 is 0 Å². The first-order valence-corrected chi connectivity index (χ1v) is 36.7. The number of aryl methyl sites for hydroxylation is 3. The molecule has 0 aromatic heterocycles. The van der Waals surface area contributed by atoms with Crippen LogP contribution >= 0.6 is 0 Å². The summed E-state index contributed by atoms with van der Waals surface area (Å²) in [5, 5.41) is 0. The van der Waals surface area contributed by atoms with Gasteiger partial charge in [0.2, 0.25) is 0 Å². The van der Waals surface area contributed by atoms with Crippen molar-refractivity contribution in [2.45, 2.75) is 445 Å². The monoisotopic (exact) mass is 1060 g/mol. The quantitative estimate of drug-likeness (QED) is 0.0571. The van der Waals surface area contributed by atoms with E-state index in [2.05, 4.69) is 39.8 Å². The van der Waals surface area contributed by atoms with Crippen LogP contribution in [0.2, 0.25) is 0 Å². The third kappa shape index (κ3) is 52.6. The lowest BCUT2D eigenvalue weighted by Crippen LogP contribution is -2.05. The Bertz CT molecular complexity index is 1140. The Morgan fingerprint density at radius 2 is 0.368 bits per heavy atom. The van der Waals surface area contributed by atoms with Crippen LogP contribution in [0.4, 0.5) is 0 Å². The van der Waals surface area contributed by atoms with Crippen molar-refractivity contribution in [1.29, 1.82) is 0 Å². The molecule has 1 aromatic carbocycles. The lowest BCUT2D eigenvalue weighted by Gasteiger charge is -2.18. The van der Waals surface area contributed by atoms with E-state index >= 15 is 0 Å². The minimum absolute atomic E-state index is 1.06. The maximum Gasteiger partial charge on any atom is -0.0273 e. The van der Waals surface area contributed by atoms with Crippen LogP contribution in [0, 0.1) is 6.92 Å². The van der Waals surface area contributed by atoms with Gasteiger partial charge >= 0.3 is 0 Å². The molecule has 0 fully saturated rings. The second-order valence-corrected chi connectivity index (χ2v) is 25.8. The minimum Gasteiger partial charge on any atom is -0.0654 e. The number of hydrogen-bond donors (Lipinski definition) is 0. The predicted octanol–water partition coefficient (Wildman–Crippen LogP) is 27.9. The molecule has 0 spiro atoms. The molecule has 449 valence electrons. The Morgan fingerprint density at radius 1 is 0.197 bits per heavy atom. The fourth-order valence-electron chi connectivity index (χ4n) is 12.8. The van der Waals surface area contributed by atoms with E-state index in [0.29, 0.717) is 0 Å². The van der Waals surface area contributed by atoms with Crippen molar-refractivity contribution in [2.24, 2.45) is 0 Å². The standard InChI is InChI=1S/C76H145/c1-5-9-13-16-19-22-25-28-31-34-37-40-43-46-49-52-55-58-61-64-68-74-71-73(67-12-8-4)72-75(69-65-62-59-56-53-50-47-44-41-38-35-32-29-26-23-20-17-14-10-6-2)76(74)70-66-63-60-57-54-51-48-45-42-39-36-33-30-27-24-21-18-15-11-7-3/h71-72H,4-70H2,1-3H3. The van der Waals surface area contributed by atoms with Gasteiger partial charge in [-0.1, -0.05) is 412 Å². The van der Waals surface area contributed by atoms with Gasteiger partial charge in [-0.2, -0.15) is 0 Å². The first-order chi connectivity index (χ1) is 37.8. The third-order valence-corrected chi connectivity index (χ3v) is 18.1. The highest BCUT2D eigenvalue weighted by Gasteiger charge is 2.12. The molecule has 0 atom stereocenters. The van der Waals surface area contributed by atoms with Crippen LogP contribution in [0.15, 0.2) is 12.1 Å². The summed E-state index contributed by atoms with van der Waals surface area (Å²) in [7, 11) is 0. The van der Waals surface area contributed by atoms with Crippen LogP contribution in [-0.2, 0) is 25.7 Å². The highest BCUT2D eigenvalue weighted by atomic mass is 14.2. The van der Waals surface area contributed by atoms with E-state index in [1.807, 2.05) is 0 Å². The fourth-order valence-corrected chi connectivity index (χ4v) is 12.8. The van der Waals surface area contributed by atoms with Gasteiger partial charge in [-0.05, 0) is 73.6 Å². The van der Waals surface area contributed by atoms with Gasteiger partial charge in [-0.3, -0.25) is 0 Å². The molecule has 1 aromatic rings. The zero-order valence-electron chi connectivity index (χ0n) is 53.5. The van der Waals surface area contributed by atoms with Gasteiger partial charge in [-0.25, -0.2) is 0 Å². The summed E-state index contributed by atoms with van der Waals surface area (Å²) in [5.74, 6) is 0. The molecule has 0 saturated heterocycles. The Balaban J connectivity index is 2.45. The lowest BCUT2D eigenvalue weighted by atomic mass is 9.87. The summed E-state index contributed by atoms with van der Waals surface area (Å²) in [6.07, 6.45) is 95.1. The van der Waals surface area contributed by atoms with Gasteiger partial charge < -0.3 is 0 Å². The SMILES string of the molecule is [CH2]CCCc1cc(CCCCCCCCCCCCCCCCCCCCCC)c(CCCCCCCCCCCCCCCCCCCCCC)c(CCCCCCCCCCCCCCCCCCCCCC)c1. The van der Waals surface area contributed by atoms with Crippen LogP contribution in [0.5, 0.6) is 0 Å². The summed E-state index contributed by atoms with van der Waals surface area (Å²) in [4.78, 5) is 0. The van der Waals surface area contributed by atoms with Gasteiger partial charge in [0.05, 0.1) is 0 Å². The molecule has 0 heteroatoms. The first-order valence-electron chi connectivity index (χ1n) is 36.7. The minimum atomic E-state index is 1.06. The average molecular weight is 1060 g/mol. The van der Waals surface area contributed by atoms with E-state index < -0.39 is 0 Å². The molecule has 0 unspecified atom stereocenters. The molecular formula is C76H145. The fraction of sp³-hybridized carbons (Fsp3) is 0.908. The first kappa shape index (κ1) is 73.2. The van der Waals surface area contributed by atoms with E-state index in [1.54, 1.807) is 22.3 Å². The second kappa shape index (κ2) is 63.4. The normalized spacial score (nSPS) is 11.7. The molecule has 0 nitrogen and oxygen atoms in total. The zero-order valence-corrected chi connectivity index (χ0v) is 53.5. The molecule has 0 amide bonds. The van der Waals surface area contributed by atoms with E-state index in [-0.39, 0.29) is 0 Å². The van der Waals surface area contributed by atoms with Crippen molar-refractivity contribution in [1.82, 2.24) is 0 Å². The Labute approximate surface area is 483 Å². The summed E-state index contributed by atoms with van der Waals surface area (Å²) in [5.41, 5.74) is 6.94. The average Bonchev–Trinajstić information content (AvgIpc) is 3.43. The van der Waals surface area contributed by atoms with Crippen molar-refractivity contribution in [2.75, 3.05) is 0 Å². The van der Waals surface area contributed by atoms with Crippen molar-refractivity contribution in [3.8, 4) is 0 Å². The molecule has 0 N–H and O–H groups in total. The highest BCUT2D eigenvalue weighted by molar-refractivity contribution is 5.40. The van der Waals surface area contributed by atoms with Gasteiger partial charge in [0, 0.05) is 0 Å². The Kier molecular flexibility index (Phi) is 61.1. The van der Waals surface area contributed by atoms with E-state index in [1.165, 1.54) is 417 Å². The maximum atomic E-state index is 4.24. The number of benzene rings is 1. The van der Waals surface area contributed by atoms with Crippen molar-refractivity contribution in [3.63, 3.8) is 0 Å². The van der Waals surface area contributed by atoms with Crippen LogP contribution in [0.1, 0.15) is 441 Å². The number of rotatable bonds is 66. The Hall–Kier alpha value is -0.780. The smallest absolute Gasteiger partial charge is 0.0273 e. The largest absolute Gasteiger partial charge is 0.0654 e. The second-order valence-electron chi connectivity index (χ2n) is 25.8. The summed E-state index contributed by atoms with van der Waals surface area (Å²) >= 11 is 0.